The lowest BCUT2D eigenvalue weighted by molar-refractivity contribution is -0.144. The van der Waals surface area contributed by atoms with Crippen LogP contribution < -0.4 is 0 Å². The molecule has 4 rings (SSSR count). The first-order valence-corrected chi connectivity index (χ1v) is 8.58. The molecule has 0 radical (unpaired) electrons. The van der Waals surface area contributed by atoms with Crippen molar-refractivity contribution in [3.05, 3.63) is 89.7 Å². The van der Waals surface area contributed by atoms with Gasteiger partial charge in [-0.2, -0.15) is 0 Å². The third-order valence-electron chi connectivity index (χ3n) is 4.67. The number of pyridine rings is 1. The largest absolute Gasteiger partial charge is 0.465 e. The van der Waals surface area contributed by atoms with Crippen LogP contribution >= 0.6 is 0 Å². The van der Waals surface area contributed by atoms with Gasteiger partial charge in [0.05, 0.1) is 6.61 Å². The number of fused-ring (bicyclic) bond motifs is 3. The number of esters is 1. The van der Waals surface area contributed by atoms with Gasteiger partial charge in [0.25, 0.3) is 0 Å². The second kappa shape index (κ2) is 6.89. The van der Waals surface area contributed by atoms with E-state index in [0.29, 0.717) is 6.61 Å². The maximum Gasteiger partial charge on any atom is 0.317 e. The van der Waals surface area contributed by atoms with Crippen LogP contribution in [0.1, 0.15) is 29.0 Å². The number of benzene rings is 2. The summed E-state index contributed by atoms with van der Waals surface area (Å²) in [5.74, 6) is -0.472. The van der Waals surface area contributed by atoms with E-state index in [1.54, 1.807) is 12.4 Å². The number of aryl methyl sites for hydroxylation is 1. The molecule has 3 heteroatoms. The third-order valence-corrected chi connectivity index (χ3v) is 4.67. The van der Waals surface area contributed by atoms with Crippen LogP contribution in [-0.4, -0.2) is 17.6 Å². The summed E-state index contributed by atoms with van der Waals surface area (Å²) in [5.41, 5.74) is 5.57. The Balaban J connectivity index is 1.45. The van der Waals surface area contributed by atoms with Crippen molar-refractivity contribution in [2.45, 2.75) is 18.8 Å². The molecule has 25 heavy (non-hydrogen) atoms. The number of carbonyl (C=O) groups is 1. The summed E-state index contributed by atoms with van der Waals surface area (Å²) in [4.78, 5) is 16.8. The van der Waals surface area contributed by atoms with Gasteiger partial charge in [-0.1, -0.05) is 48.5 Å². The monoisotopic (exact) mass is 329 g/mol. The van der Waals surface area contributed by atoms with Gasteiger partial charge in [-0.25, -0.2) is 0 Å². The Morgan fingerprint density at radius 2 is 1.48 bits per heavy atom. The van der Waals surface area contributed by atoms with Crippen molar-refractivity contribution in [1.29, 1.82) is 0 Å². The summed E-state index contributed by atoms with van der Waals surface area (Å²) in [6.07, 6.45) is 5.26. The summed E-state index contributed by atoms with van der Waals surface area (Å²) in [6, 6.07) is 20.2. The molecule has 3 nitrogen and oxygen atoms in total. The summed E-state index contributed by atoms with van der Waals surface area (Å²) in [6.45, 7) is 0.433. The van der Waals surface area contributed by atoms with Gasteiger partial charge in [0.15, 0.2) is 0 Å². The zero-order valence-corrected chi connectivity index (χ0v) is 13.9. The SMILES string of the molecule is O=C(OCCCc1ccncc1)C1c2ccccc2-c2ccccc21. The van der Waals surface area contributed by atoms with Crippen LogP contribution in [-0.2, 0) is 16.0 Å². The maximum absolute atomic E-state index is 12.7. The van der Waals surface area contributed by atoms with E-state index in [9.17, 15) is 4.79 Å². The molecule has 2 aromatic carbocycles. The Bertz CT molecular complexity index is 844. The molecule has 1 aliphatic carbocycles. The number of hydrogen-bond donors (Lipinski definition) is 0. The van der Waals surface area contributed by atoms with Crippen molar-refractivity contribution >= 4 is 5.97 Å². The van der Waals surface area contributed by atoms with Crippen molar-refractivity contribution in [2.75, 3.05) is 6.61 Å². The van der Waals surface area contributed by atoms with Crippen LogP contribution in [0.3, 0.4) is 0 Å². The van der Waals surface area contributed by atoms with Gasteiger partial charge < -0.3 is 4.74 Å². The fraction of sp³-hybridized carbons (Fsp3) is 0.182. The first-order chi connectivity index (χ1) is 12.3. The lowest BCUT2D eigenvalue weighted by Crippen LogP contribution is -2.16. The number of aromatic nitrogens is 1. The number of carbonyl (C=O) groups excluding carboxylic acids is 1. The molecule has 0 spiro atoms. The van der Waals surface area contributed by atoms with Gasteiger partial charge in [-0.15, -0.1) is 0 Å². The first-order valence-electron chi connectivity index (χ1n) is 8.58. The van der Waals surface area contributed by atoms with E-state index in [-0.39, 0.29) is 11.9 Å². The highest BCUT2D eigenvalue weighted by atomic mass is 16.5. The average Bonchev–Trinajstić information content (AvgIpc) is 3.01. The molecule has 124 valence electrons. The van der Waals surface area contributed by atoms with Crippen LogP contribution in [0.25, 0.3) is 11.1 Å². The Morgan fingerprint density at radius 3 is 2.12 bits per heavy atom. The van der Waals surface area contributed by atoms with Gasteiger partial charge in [-0.3, -0.25) is 9.78 Å². The van der Waals surface area contributed by atoms with E-state index < -0.39 is 0 Å². The van der Waals surface area contributed by atoms with Crippen LogP contribution in [0.2, 0.25) is 0 Å². The molecule has 0 atom stereocenters. The van der Waals surface area contributed by atoms with Gasteiger partial charge in [0, 0.05) is 12.4 Å². The van der Waals surface area contributed by atoms with E-state index in [4.69, 9.17) is 4.74 Å². The number of nitrogens with zero attached hydrogens (tertiary/aromatic N) is 1. The quantitative estimate of drug-likeness (QED) is 0.515. The second-order valence-corrected chi connectivity index (χ2v) is 6.23. The minimum atomic E-state index is -0.312. The minimum Gasteiger partial charge on any atom is -0.465 e. The Morgan fingerprint density at radius 1 is 0.880 bits per heavy atom. The molecule has 0 saturated heterocycles. The van der Waals surface area contributed by atoms with Crippen LogP contribution in [0.15, 0.2) is 73.1 Å². The minimum absolute atomic E-state index is 0.160. The Kier molecular flexibility index (Phi) is 4.30. The number of ether oxygens (including phenoxy) is 1. The fourth-order valence-corrected chi connectivity index (χ4v) is 3.49. The summed E-state index contributed by atoms with van der Waals surface area (Å²) in [7, 11) is 0. The molecule has 0 fully saturated rings. The summed E-state index contributed by atoms with van der Waals surface area (Å²) >= 11 is 0. The van der Waals surface area contributed by atoms with E-state index in [2.05, 4.69) is 17.1 Å². The molecule has 1 aliphatic rings. The molecular weight excluding hydrogens is 310 g/mol. The fourth-order valence-electron chi connectivity index (χ4n) is 3.49. The van der Waals surface area contributed by atoms with E-state index in [1.807, 2.05) is 48.5 Å². The molecule has 0 amide bonds. The smallest absolute Gasteiger partial charge is 0.317 e. The second-order valence-electron chi connectivity index (χ2n) is 6.23. The molecular formula is C22H19NO2. The molecule has 1 heterocycles. The molecule has 0 unspecified atom stereocenters. The van der Waals surface area contributed by atoms with Crippen molar-refractivity contribution in [2.24, 2.45) is 0 Å². The number of rotatable bonds is 5. The third kappa shape index (κ3) is 3.05. The van der Waals surface area contributed by atoms with Gasteiger partial charge in [0.2, 0.25) is 0 Å². The van der Waals surface area contributed by atoms with Crippen molar-refractivity contribution in [3.8, 4) is 11.1 Å². The normalized spacial score (nSPS) is 12.5. The highest BCUT2D eigenvalue weighted by Crippen LogP contribution is 2.44. The molecule has 0 aliphatic heterocycles. The van der Waals surface area contributed by atoms with Crippen molar-refractivity contribution in [3.63, 3.8) is 0 Å². The van der Waals surface area contributed by atoms with E-state index >= 15 is 0 Å². The predicted octanol–water partition coefficient (Wildman–Crippen LogP) is 4.37. The van der Waals surface area contributed by atoms with E-state index in [0.717, 1.165) is 35.1 Å². The van der Waals surface area contributed by atoms with Gasteiger partial charge in [0.1, 0.15) is 5.92 Å². The van der Waals surface area contributed by atoms with Crippen molar-refractivity contribution < 1.29 is 9.53 Å². The lowest BCUT2D eigenvalue weighted by Gasteiger charge is -2.13. The van der Waals surface area contributed by atoms with Gasteiger partial charge >= 0.3 is 5.97 Å². The molecule has 3 aromatic rings. The van der Waals surface area contributed by atoms with Gasteiger partial charge in [-0.05, 0) is 52.8 Å². The topological polar surface area (TPSA) is 39.2 Å². The zero-order valence-electron chi connectivity index (χ0n) is 13.9. The highest BCUT2D eigenvalue weighted by molar-refractivity contribution is 5.93. The molecule has 0 saturated carbocycles. The van der Waals surface area contributed by atoms with Crippen LogP contribution in [0, 0.1) is 0 Å². The van der Waals surface area contributed by atoms with E-state index in [1.165, 1.54) is 5.56 Å². The average molecular weight is 329 g/mol. The molecule has 0 N–H and O–H groups in total. The first kappa shape index (κ1) is 15.6. The highest BCUT2D eigenvalue weighted by Gasteiger charge is 2.34. The molecule has 1 aromatic heterocycles. The van der Waals surface area contributed by atoms with Crippen molar-refractivity contribution in [1.82, 2.24) is 4.98 Å². The standard InChI is InChI=1S/C22H19NO2/c24-22(25-15-5-6-16-11-13-23-14-12-16)21-19-9-3-1-7-17(19)18-8-2-4-10-20(18)21/h1-4,7-14,21H,5-6,15H2. The summed E-state index contributed by atoms with van der Waals surface area (Å²) in [5, 5.41) is 0. The zero-order chi connectivity index (χ0) is 17.1. The predicted molar refractivity (Wildman–Crippen MR) is 97.2 cm³/mol. The Labute approximate surface area is 147 Å². The number of hydrogen-bond acceptors (Lipinski definition) is 3. The lowest BCUT2D eigenvalue weighted by atomic mass is 9.97. The Hall–Kier alpha value is -2.94. The van der Waals surface area contributed by atoms with Crippen LogP contribution in [0.4, 0.5) is 0 Å². The maximum atomic E-state index is 12.7. The summed E-state index contributed by atoms with van der Waals surface area (Å²) < 4.78 is 5.61. The van der Waals surface area contributed by atoms with Crippen LogP contribution in [0.5, 0.6) is 0 Å². The molecule has 0 bridgehead atoms.